The Labute approximate surface area is 158 Å². The van der Waals surface area contributed by atoms with Crippen LogP contribution in [-0.2, 0) is 4.79 Å². The Kier molecular flexibility index (Phi) is 5.40. The molecule has 0 saturated carbocycles. The van der Waals surface area contributed by atoms with E-state index < -0.39 is 0 Å². The van der Waals surface area contributed by atoms with Gasteiger partial charge in [-0.05, 0) is 48.2 Å². The number of hydrogen-bond acceptors (Lipinski definition) is 4. The zero-order valence-corrected chi connectivity index (χ0v) is 15.6. The number of carbonyl (C=O) groups is 1. The van der Waals surface area contributed by atoms with Gasteiger partial charge in [0, 0.05) is 16.6 Å². The normalized spacial score (nSPS) is 17.5. The minimum Gasteiger partial charge on any atom is -0.507 e. The van der Waals surface area contributed by atoms with Gasteiger partial charge >= 0.3 is 0 Å². The van der Waals surface area contributed by atoms with E-state index in [2.05, 4.69) is 27.5 Å². The number of carbonyl (C=O) groups excluding carboxylic acids is 1. The number of thioether (sulfide) groups is 1. The number of aliphatic imine (C=N–C) groups is 1. The third-order valence-electron chi connectivity index (χ3n) is 3.46. The van der Waals surface area contributed by atoms with Crippen molar-refractivity contribution >= 4 is 50.5 Å². The summed E-state index contributed by atoms with van der Waals surface area (Å²) in [6.07, 6.45) is 3.34. The molecule has 1 amide bonds. The van der Waals surface area contributed by atoms with Gasteiger partial charge in [-0.2, -0.15) is 0 Å². The maximum Gasteiger partial charge on any atom is 0.267 e. The Morgan fingerprint density at radius 1 is 1.24 bits per heavy atom. The fraction of sp³-hybridized carbons (Fsp3) is 0.0526. The van der Waals surface area contributed by atoms with Crippen molar-refractivity contribution in [1.29, 1.82) is 0 Å². The van der Waals surface area contributed by atoms with Crippen LogP contribution in [0.1, 0.15) is 5.56 Å². The molecule has 2 aromatic rings. The maximum absolute atomic E-state index is 12.7. The lowest BCUT2D eigenvalue weighted by Crippen LogP contribution is -2.29. The highest BCUT2D eigenvalue weighted by Gasteiger charge is 2.32. The molecule has 2 aromatic carbocycles. The molecular weight excluding hydrogens is 400 g/mol. The fourth-order valence-corrected chi connectivity index (χ4v) is 3.65. The topological polar surface area (TPSA) is 52.9 Å². The number of amidine groups is 1. The highest BCUT2D eigenvalue weighted by molar-refractivity contribution is 9.10. The van der Waals surface area contributed by atoms with Crippen LogP contribution in [-0.4, -0.2) is 27.6 Å². The molecule has 0 bridgehead atoms. The number of benzene rings is 2. The van der Waals surface area contributed by atoms with Crippen molar-refractivity contribution in [2.75, 3.05) is 6.54 Å². The van der Waals surface area contributed by atoms with E-state index in [-0.39, 0.29) is 11.7 Å². The van der Waals surface area contributed by atoms with Crippen molar-refractivity contribution in [3.05, 3.63) is 76.1 Å². The molecule has 0 radical (unpaired) electrons. The van der Waals surface area contributed by atoms with Gasteiger partial charge < -0.3 is 5.11 Å². The van der Waals surface area contributed by atoms with Crippen molar-refractivity contribution in [2.24, 2.45) is 4.99 Å². The highest BCUT2D eigenvalue weighted by atomic mass is 79.9. The van der Waals surface area contributed by atoms with Crippen LogP contribution in [0.5, 0.6) is 5.75 Å². The molecular formula is C19H15BrN2O2S. The summed E-state index contributed by atoms with van der Waals surface area (Å²) in [6.45, 7) is 4.09. The predicted octanol–water partition coefficient (Wildman–Crippen LogP) is 4.94. The third-order valence-corrected chi connectivity index (χ3v) is 4.96. The van der Waals surface area contributed by atoms with Crippen LogP contribution in [0, 0.1) is 0 Å². The lowest BCUT2D eigenvalue weighted by atomic mass is 10.2. The van der Waals surface area contributed by atoms with E-state index in [1.54, 1.807) is 35.3 Å². The van der Waals surface area contributed by atoms with E-state index in [9.17, 15) is 9.90 Å². The summed E-state index contributed by atoms with van der Waals surface area (Å²) in [5.74, 6) is -0.0354. The molecule has 0 aromatic heterocycles. The molecule has 1 saturated heterocycles. The van der Waals surface area contributed by atoms with Crippen molar-refractivity contribution < 1.29 is 9.90 Å². The first-order valence-electron chi connectivity index (χ1n) is 7.53. The Bertz CT molecular complexity index is 878. The summed E-state index contributed by atoms with van der Waals surface area (Å²) in [4.78, 5) is 19.4. The number of halogens is 1. The summed E-state index contributed by atoms with van der Waals surface area (Å²) in [6, 6.07) is 14.6. The highest BCUT2D eigenvalue weighted by Crippen LogP contribution is 2.35. The molecule has 126 valence electrons. The minimum absolute atomic E-state index is 0.118. The lowest BCUT2D eigenvalue weighted by Gasteiger charge is -2.12. The summed E-state index contributed by atoms with van der Waals surface area (Å²) in [7, 11) is 0. The van der Waals surface area contributed by atoms with E-state index >= 15 is 0 Å². The first-order valence-corrected chi connectivity index (χ1v) is 9.14. The van der Waals surface area contributed by atoms with E-state index in [0.29, 0.717) is 22.2 Å². The average molecular weight is 415 g/mol. The Morgan fingerprint density at radius 2 is 2.00 bits per heavy atom. The van der Waals surface area contributed by atoms with Crippen molar-refractivity contribution in [2.45, 2.75) is 0 Å². The molecule has 0 spiro atoms. The monoisotopic (exact) mass is 414 g/mol. The molecule has 0 aliphatic carbocycles. The number of hydrogen-bond donors (Lipinski definition) is 1. The maximum atomic E-state index is 12.7. The largest absolute Gasteiger partial charge is 0.507 e. The molecule has 3 rings (SSSR count). The number of phenolic OH excluding ortho intramolecular Hbond substituents is 1. The predicted molar refractivity (Wildman–Crippen MR) is 107 cm³/mol. The zero-order valence-electron chi connectivity index (χ0n) is 13.2. The minimum atomic E-state index is -0.154. The second-order valence-electron chi connectivity index (χ2n) is 5.25. The number of phenols is 1. The Morgan fingerprint density at radius 3 is 2.72 bits per heavy atom. The summed E-state index contributed by atoms with van der Waals surface area (Å²) >= 11 is 4.66. The molecule has 25 heavy (non-hydrogen) atoms. The van der Waals surface area contributed by atoms with E-state index in [1.165, 1.54) is 11.8 Å². The van der Waals surface area contributed by atoms with Gasteiger partial charge in [0.25, 0.3) is 5.91 Å². The second kappa shape index (κ2) is 7.72. The van der Waals surface area contributed by atoms with Crippen LogP contribution < -0.4 is 0 Å². The van der Waals surface area contributed by atoms with Gasteiger partial charge in [-0.3, -0.25) is 9.69 Å². The van der Waals surface area contributed by atoms with Crippen LogP contribution in [0.4, 0.5) is 5.69 Å². The molecule has 1 fully saturated rings. The summed E-state index contributed by atoms with van der Waals surface area (Å²) < 4.78 is 0.828. The number of amides is 1. The van der Waals surface area contributed by atoms with Crippen LogP contribution in [0.25, 0.3) is 6.08 Å². The van der Waals surface area contributed by atoms with E-state index in [0.717, 1.165) is 10.2 Å². The summed E-state index contributed by atoms with van der Waals surface area (Å²) in [5, 5.41) is 10.6. The van der Waals surface area contributed by atoms with Crippen molar-refractivity contribution in [3.8, 4) is 5.75 Å². The molecule has 1 aliphatic heterocycles. The first kappa shape index (κ1) is 17.5. The fourth-order valence-electron chi connectivity index (χ4n) is 2.28. The van der Waals surface area contributed by atoms with E-state index in [1.807, 2.05) is 30.3 Å². The SMILES string of the molecule is C=CCN1C(=O)/C(=C\c2cc(Br)ccc2O)SC1=Nc1ccccc1. The van der Waals surface area contributed by atoms with Crippen LogP contribution in [0.2, 0.25) is 0 Å². The standard InChI is InChI=1S/C19H15BrN2O2S/c1-2-10-22-18(24)17(12-13-11-14(20)8-9-16(13)23)25-19(22)21-15-6-4-3-5-7-15/h2-9,11-12,23H,1,10H2/b17-12+,21-19?. The molecule has 6 heteroatoms. The third kappa shape index (κ3) is 4.03. The molecule has 4 nitrogen and oxygen atoms in total. The molecule has 1 heterocycles. The molecule has 0 unspecified atom stereocenters. The van der Waals surface area contributed by atoms with Gasteiger partial charge in [-0.15, -0.1) is 6.58 Å². The number of aromatic hydroxyl groups is 1. The van der Waals surface area contributed by atoms with Crippen LogP contribution in [0.3, 0.4) is 0 Å². The van der Waals surface area contributed by atoms with E-state index in [4.69, 9.17) is 0 Å². The van der Waals surface area contributed by atoms with Crippen LogP contribution >= 0.6 is 27.7 Å². The van der Waals surface area contributed by atoms with Gasteiger partial charge in [0.2, 0.25) is 0 Å². The first-order chi connectivity index (χ1) is 12.1. The average Bonchev–Trinajstić information content (AvgIpc) is 2.88. The molecule has 1 aliphatic rings. The second-order valence-corrected chi connectivity index (χ2v) is 7.17. The number of nitrogens with zero attached hydrogens (tertiary/aromatic N) is 2. The van der Waals surface area contributed by atoms with Gasteiger partial charge in [0.1, 0.15) is 5.75 Å². The van der Waals surface area contributed by atoms with Crippen molar-refractivity contribution in [3.63, 3.8) is 0 Å². The Balaban J connectivity index is 1.98. The summed E-state index contributed by atoms with van der Waals surface area (Å²) in [5.41, 5.74) is 1.35. The smallest absolute Gasteiger partial charge is 0.267 e. The number of rotatable bonds is 4. The molecule has 1 N–H and O–H groups in total. The lowest BCUT2D eigenvalue weighted by molar-refractivity contribution is -0.121. The van der Waals surface area contributed by atoms with Gasteiger partial charge in [0.15, 0.2) is 5.17 Å². The van der Waals surface area contributed by atoms with Crippen molar-refractivity contribution in [1.82, 2.24) is 4.90 Å². The zero-order chi connectivity index (χ0) is 17.8. The van der Waals surface area contributed by atoms with Gasteiger partial charge in [-0.25, -0.2) is 4.99 Å². The Hall–Kier alpha value is -2.31. The van der Waals surface area contributed by atoms with Crippen LogP contribution in [0.15, 0.2) is 75.6 Å². The number of para-hydroxylation sites is 1. The molecule has 0 atom stereocenters. The van der Waals surface area contributed by atoms with Gasteiger partial charge in [-0.1, -0.05) is 40.2 Å². The quantitative estimate of drug-likeness (QED) is 0.568. The van der Waals surface area contributed by atoms with Gasteiger partial charge in [0.05, 0.1) is 10.6 Å².